The first kappa shape index (κ1) is 20.3. The SMILES string of the molecule is Cc1cccc(-c2n[nH]c(=S)n2CC(=O)Nc2ccc(N3CCCS3(=O)=O)cc2)c1. The number of nitrogens with zero attached hydrogens (tertiary/aromatic N) is 3. The number of nitrogens with one attached hydrogen (secondary N) is 2. The third-order valence-electron chi connectivity index (χ3n) is 4.87. The number of hydrogen-bond acceptors (Lipinski definition) is 5. The Morgan fingerprint density at radius 1 is 1.23 bits per heavy atom. The highest BCUT2D eigenvalue weighted by molar-refractivity contribution is 7.93. The standard InChI is InChI=1S/C20H21N5O3S2/c1-14-4-2-5-15(12-14)19-22-23-20(29)24(19)13-18(26)21-16-6-8-17(9-7-16)25-10-3-11-30(25,27)28/h2,4-9,12H,3,10-11,13H2,1H3,(H,21,26)(H,23,29). The van der Waals surface area contributed by atoms with E-state index in [0.717, 1.165) is 11.1 Å². The van der Waals surface area contributed by atoms with Gasteiger partial charge in [0.15, 0.2) is 10.6 Å². The van der Waals surface area contributed by atoms with Crippen LogP contribution in [0.15, 0.2) is 48.5 Å². The van der Waals surface area contributed by atoms with Crippen LogP contribution in [0.4, 0.5) is 11.4 Å². The van der Waals surface area contributed by atoms with Gasteiger partial charge in [0.1, 0.15) is 6.54 Å². The molecule has 156 valence electrons. The number of carbonyl (C=O) groups excluding carboxylic acids is 1. The molecule has 0 bridgehead atoms. The van der Waals surface area contributed by atoms with Crippen molar-refractivity contribution in [2.24, 2.45) is 0 Å². The van der Waals surface area contributed by atoms with E-state index in [4.69, 9.17) is 12.2 Å². The lowest BCUT2D eigenvalue weighted by Crippen LogP contribution is -2.25. The average molecular weight is 444 g/mol. The molecule has 30 heavy (non-hydrogen) atoms. The van der Waals surface area contributed by atoms with Crippen LogP contribution in [0.1, 0.15) is 12.0 Å². The van der Waals surface area contributed by atoms with Gasteiger partial charge >= 0.3 is 0 Å². The molecule has 10 heteroatoms. The topological polar surface area (TPSA) is 100 Å². The first-order valence-electron chi connectivity index (χ1n) is 9.46. The number of aromatic amines is 1. The minimum absolute atomic E-state index is 0.000857. The van der Waals surface area contributed by atoms with E-state index in [1.54, 1.807) is 28.8 Å². The Hall–Kier alpha value is -2.98. The van der Waals surface area contributed by atoms with Crippen molar-refractivity contribution < 1.29 is 13.2 Å². The number of rotatable bonds is 5. The van der Waals surface area contributed by atoms with Crippen LogP contribution in [0, 0.1) is 11.7 Å². The Bertz CT molecular complexity index is 1250. The van der Waals surface area contributed by atoms with Gasteiger partial charge in [-0.25, -0.2) is 8.42 Å². The van der Waals surface area contributed by atoms with Crippen molar-refractivity contribution in [3.63, 3.8) is 0 Å². The fourth-order valence-electron chi connectivity index (χ4n) is 3.45. The normalized spacial score (nSPS) is 15.3. The second-order valence-corrected chi connectivity index (χ2v) is 9.54. The monoisotopic (exact) mass is 443 g/mol. The molecule has 2 aromatic carbocycles. The number of sulfonamides is 1. The summed E-state index contributed by atoms with van der Waals surface area (Å²) in [5.74, 6) is 0.497. The Morgan fingerprint density at radius 3 is 2.67 bits per heavy atom. The van der Waals surface area contributed by atoms with Crippen LogP contribution in [-0.2, 0) is 21.4 Å². The van der Waals surface area contributed by atoms with Gasteiger partial charge < -0.3 is 5.32 Å². The number of anilines is 2. The molecular weight excluding hydrogens is 422 g/mol. The molecule has 3 aromatic rings. The van der Waals surface area contributed by atoms with Gasteiger partial charge in [-0.3, -0.25) is 18.8 Å². The van der Waals surface area contributed by atoms with Crippen molar-refractivity contribution in [2.45, 2.75) is 19.9 Å². The van der Waals surface area contributed by atoms with Crippen molar-refractivity contribution in [1.29, 1.82) is 0 Å². The minimum atomic E-state index is -3.23. The highest BCUT2D eigenvalue weighted by Crippen LogP contribution is 2.25. The van der Waals surface area contributed by atoms with E-state index in [1.807, 2.05) is 31.2 Å². The molecule has 0 radical (unpaired) electrons. The first-order valence-corrected chi connectivity index (χ1v) is 11.5. The van der Waals surface area contributed by atoms with E-state index in [-0.39, 0.29) is 18.2 Å². The summed E-state index contributed by atoms with van der Waals surface area (Å²) in [5, 5.41) is 9.82. The predicted molar refractivity (Wildman–Crippen MR) is 118 cm³/mol. The lowest BCUT2D eigenvalue weighted by Gasteiger charge is -2.17. The molecule has 1 aliphatic rings. The third kappa shape index (κ3) is 4.14. The zero-order chi connectivity index (χ0) is 21.3. The lowest BCUT2D eigenvalue weighted by atomic mass is 10.1. The van der Waals surface area contributed by atoms with E-state index < -0.39 is 10.0 Å². The summed E-state index contributed by atoms with van der Waals surface area (Å²) in [5.41, 5.74) is 3.13. The summed E-state index contributed by atoms with van der Waals surface area (Å²) in [6.45, 7) is 2.47. The zero-order valence-electron chi connectivity index (χ0n) is 16.3. The second-order valence-electron chi connectivity index (χ2n) is 7.14. The van der Waals surface area contributed by atoms with Crippen LogP contribution in [-0.4, -0.2) is 41.4 Å². The third-order valence-corrected chi connectivity index (χ3v) is 7.06. The largest absolute Gasteiger partial charge is 0.325 e. The summed E-state index contributed by atoms with van der Waals surface area (Å²) < 4.78 is 27.5. The molecule has 1 amide bonds. The average Bonchev–Trinajstić information content (AvgIpc) is 3.24. The molecule has 4 rings (SSSR count). The zero-order valence-corrected chi connectivity index (χ0v) is 18.0. The quantitative estimate of drug-likeness (QED) is 0.590. The second kappa shape index (κ2) is 8.04. The number of aromatic nitrogens is 3. The van der Waals surface area contributed by atoms with E-state index in [9.17, 15) is 13.2 Å². The number of hydrogen-bond donors (Lipinski definition) is 2. The number of aryl methyl sites for hydroxylation is 1. The smallest absolute Gasteiger partial charge is 0.244 e. The summed E-state index contributed by atoms with van der Waals surface area (Å²) in [7, 11) is -3.23. The maximum absolute atomic E-state index is 12.6. The molecule has 0 aliphatic carbocycles. The number of benzene rings is 2. The van der Waals surface area contributed by atoms with Crippen molar-refractivity contribution in [2.75, 3.05) is 21.9 Å². The molecule has 1 aliphatic heterocycles. The predicted octanol–water partition coefficient (Wildman–Crippen LogP) is 3.09. The van der Waals surface area contributed by atoms with E-state index in [1.165, 1.54) is 4.31 Å². The summed E-state index contributed by atoms with van der Waals surface area (Å²) in [6.07, 6.45) is 0.620. The molecule has 0 atom stereocenters. The Labute approximate surface area is 179 Å². The molecule has 1 fully saturated rings. The maximum atomic E-state index is 12.6. The summed E-state index contributed by atoms with van der Waals surface area (Å²) >= 11 is 5.29. The summed E-state index contributed by atoms with van der Waals surface area (Å²) in [4.78, 5) is 12.6. The lowest BCUT2D eigenvalue weighted by molar-refractivity contribution is -0.116. The van der Waals surface area contributed by atoms with E-state index in [2.05, 4.69) is 15.5 Å². The number of carbonyl (C=O) groups is 1. The number of amides is 1. The molecule has 0 spiro atoms. The van der Waals surface area contributed by atoms with Crippen LogP contribution in [0.3, 0.4) is 0 Å². The molecule has 2 N–H and O–H groups in total. The van der Waals surface area contributed by atoms with Gasteiger partial charge in [-0.1, -0.05) is 23.8 Å². The fraction of sp³-hybridized carbons (Fsp3) is 0.250. The van der Waals surface area contributed by atoms with Gasteiger partial charge in [-0.2, -0.15) is 5.10 Å². The highest BCUT2D eigenvalue weighted by atomic mass is 32.2. The highest BCUT2D eigenvalue weighted by Gasteiger charge is 2.28. The molecular formula is C20H21N5O3S2. The van der Waals surface area contributed by atoms with Gasteiger partial charge in [0.2, 0.25) is 15.9 Å². The van der Waals surface area contributed by atoms with Gasteiger partial charge in [-0.15, -0.1) is 0 Å². The van der Waals surface area contributed by atoms with Crippen LogP contribution in [0.5, 0.6) is 0 Å². The Kier molecular flexibility index (Phi) is 5.44. The number of H-pyrrole nitrogens is 1. The Balaban J connectivity index is 1.48. The molecule has 0 unspecified atom stereocenters. The molecule has 1 saturated heterocycles. The molecule has 0 saturated carbocycles. The maximum Gasteiger partial charge on any atom is 0.244 e. The van der Waals surface area contributed by atoms with Crippen molar-refractivity contribution in [3.8, 4) is 11.4 Å². The van der Waals surface area contributed by atoms with Crippen LogP contribution in [0.25, 0.3) is 11.4 Å². The van der Waals surface area contributed by atoms with Crippen molar-refractivity contribution >= 4 is 39.5 Å². The fourth-order valence-corrected chi connectivity index (χ4v) is 5.21. The van der Waals surface area contributed by atoms with Crippen molar-refractivity contribution in [1.82, 2.24) is 14.8 Å². The molecule has 1 aromatic heterocycles. The van der Waals surface area contributed by atoms with Crippen LogP contribution >= 0.6 is 12.2 Å². The van der Waals surface area contributed by atoms with Crippen LogP contribution < -0.4 is 9.62 Å². The first-order chi connectivity index (χ1) is 14.3. The van der Waals surface area contributed by atoms with Crippen molar-refractivity contribution in [3.05, 3.63) is 58.9 Å². The van der Waals surface area contributed by atoms with Crippen LogP contribution in [0.2, 0.25) is 0 Å². The van der Waals surface area contributed by atoms with E-state index in [0.29, 0.717) is 34.9 Å². The van der Waals surface area contributed by atoms with E-state index >= 15 is 0 Å². The van der Waals surface area contributed by atoms with Gasteiger partial charge in [0.25, 0.3) is 0 Å². The molecule has 2 heterocycles. The Morgan fingerprint density at radius 2 is 2.00 bits per heavy atom. The van der Waals surface area contributed by atoms with Gasteiger partial charge in [0.05, 0.1) is 11.4 Å². The molecule has 8 nitrogen and oxygen atoms in total. The minimum Gasteiger partial charge on any atom is -0.325 e. The van der Waals surface area contributed by atoms with Gasteiger partial charge in [0, 0.05) is 17.8 Å². The summed E-state index contributed by atoms with van der Waals surface area (Å²) in [6, 6.07) is 14.6. The van der Waals surface area contributed by atoms with Gasteiger partial charge in [-0.05, 0) is 55.9 Å².